The molecule has 0 unspecified atom stereocenters. The van der Waals surface area contributed by atoms with E-state index >= 15 is 0 Å². The van der Waals surface area contributed by atoms with Gasteiger partial charge < -0.3 is 9.80 Å². The van der Waals surface area contributed by atoms with Crippen molar-refractivity contribution in [3.8, 4) is 0 Å². The number of hydrogen-bond donors (Lipinski definition) is 0. The zero-order valence-corrected chi connectivity index (χ0v) is 30.6. The summed E-state index contributed by atoms with van der Waals surface area (Å²) < 4.78 is 0. The Kier molecular flexibility index (Phi) is 6.99. The summed E-state index contributed by atoms with van der Waals surface area (Å²) in [5.74, 6) is 0. The number of rotatable bonds is 6. The first-order valence-electron chi connectivity index (χ1n) is 18.9. The van der Waals surface area contributed by atoms with Crippen LogP contribution in [0, 0.1) is 0 Å². The number of benzene rings is 8. The highest BCUT2D eigenvalue weighted by Gasteiger charge is 2.23. The monoisotopic (exact) mass is 744 g/mol. The van der Waals surface area contributed by atoms with Crippen molar-refractivity contribution >= 4 is 111 Å². The summed E-state index contributed by atoms with van der Waals surface area (Å²) >= 11 is 0. The van der Waals surface area contributed by atoms with Crippen molar-refractivity contribution in [2.75, 3.05) is 9.80 Å². The smallest absolute Gasteiger partial charge is 0.0907 e. The molecule has 0 aliphatic rings. The van der Waals surface area contributed by atoms with Gasteiger partial charge in [-0.05, 0) is 106 Å². The summed E-state index contributed by atoms with van der Waals surface area (Å²) in [6, 6.07) is 42.7. The summed E-state index contributed by atoms with van der Waals surface area (Å²) in [4.78, 5) is 41.5. The first kappa shape index (κ1) is 32.0. The lowest BCUT2D eigenvalue weighted by Crippen LogP contribution is -2.12. The molecule has 10 heteroatoms. The Balaban J connectivity index is 1.12. The molecule has 58 heavy (non-hydrogen) atoms. The van der Waals surface area contributed by atoms with Crippen LogP contribution in [0.1, 0.15) is 0 Å². The van der Waals surface area contributed by atoms with Gasteiger partial charge in [-0.15, -0.1) is 0 Å². The Morgan fingerprint density at radius 2 is 0.534 bits per heavy atom. The van der Waals surface area contributed by atoms with Crippen LogP contribution < -0.4 is 9.80 Å². The van der Waals surface area contributed by atoms with Crippen molar-refractivity contribution in [3.05, 3.63) is 171 Å². The molecule has 270 valence electrons. The number of hydrogen-bond acceptors (Lipinski definition) is 10. The summed E-state index contributed by atoms with van der Waals surface area (Å²) in [7, 11) is 0. The molecule has 0 aliphatic carbocycles. The van der Waals surface area contributed by atoms with E-state index in [0.717, 1.165) is 99.8 Å². The molecule has 0 spiro atoms. The zero-order chi connectivity index (χ0) is 38.2. The van der Waals surface area contributed by atoms with E-state index in [-0.39, 0.29) is 0 Å². The van der Waals surface area contributed by atoms with Crippen LogP contribution in [0.3, 0.4) is 0 Å². The van der Waals surface area contributed by atoms with Gasteiger partial charge >= 0.3 is 0 Å². The van der Waals surface area contributed by atoms with Crippen molar-refractivity contribution < 1.29 is 0 Å². The predicted molar refractivity (Wildman–Crippen MR) is 232 cm³/mol. The molecule has 0 saturated heterocycles. The minimum Gasteiger partial charge on any atom is -0.310 e. The van der Waals surface area contributed by atoms with Gasteiger partial charge in [-0.2, -0.15) is 0 Å². The van der Waals surface area contributed by atoms with Crippen molar-refractivity contribution in [1.82, 2.24) is 39.9 Å². The van der Waals surface area contributed by atoms with Crippen LogP contribution in [-0.4, -0.2) is 39.9 Å². The quantitative estimate of drug-likeness (QED) is 0.153. The lowest BCUT2D eigenvalue weighted by molar-refractivity contribution is 1.25. The van der Waals surface area contributed by atoms with E-state index < -0.39 is 0 Å². The predicted octanol–water partition coefficient (Wildman–Crippen LogP) is 11.3. The normalized spacial score (nSPS) is 11.8. The van der Waals surface area contributed by atoms with Crippen LogP contribution in [-0.2, 0) is 0 Å². The lowest BCUT2D eigenvalue weighted by atomic mass is 9.91. The zero-order valence-electron chi connectivity index (χ0n) is 30.6. The largest absolute Gasteiger partial charge is 0.310 e. The number of fused-ring (bicyclic) bond motifs is 4. The summed E-state index contributed by atoms with van der Waals surface area (Å²) in [5, 5.41) is 6.87. The summed E-state index contributed by atoms with van der Waals surface area (Å²) in [5.41, 5.74) is 12.5. The van der Waals surface area contributed by atoms with Crippen molar-refractivity contribution in [3.63, 3.8) is 0 Å². The highest BCUT2D eigenvalue weighted by atomic mass is 15.2. The van der Waals surface area contributed by atoms with E-state index in [0.29, 0.717) is 0 Å². The number of anilines is 6. The molecule has 0 aliphatic heterocycles. The Morgan fingerprint density at radius 3 is 0.845 bits per heavy atom. The van der Waals surface area contributed by atoms with E-state index in [1.165, 1.54) is 10.8 Å². The molecule has 4 heterocycles. The van der Waals surface area contributed by atoms with Gasteiger partial charge in [0.2, 0.25) is 0 Å². The Hall–Kier alpha value is -8.24. The Labute approximate surface area is 330 Å². The molecule has 0 saturated carbocycles. The van der Waals surface area contributed by atoms with Gasteiger partial charge in [0.1, 0.15) is 0 Å². The van der Waals surface area contributed by atoms with Gasteiger partial charge in [0.25, 0.3) is 0 Å². The van der Waals surface area contributed by atoms with Gasteiger partial charge in [-0.25, -0.2) is 0 Å². The van der Waals surface area contributed by atoms with Gasteiger partial charge in [0.15, 0.2) is 0 Å². The van der Waals surface area contributed by atoms with Crippen LogP contribution >= 0.6 is 0 Å². The molecule has 10 nitrogen and oxygen atoms in total. The molecular weight excluding hydrogens is 717 g/mol. The third-order valence-electron chi connectivity index (χ3n) is 10.9. The fourth-order valence-corrected chi connectivity index (χ4v) is 8.38. The second-order valence-corrected chi connectivity index (χ2v) is 14.2. The maximum absolute atomic E-state index is 4.67. The van der Waals surface area contributed by atoms with E-state index in [2.05, 4.69) is 147 Å². The van der Waals surface area contributed by atoms with E-state index in [1.54, 1.807) is 49.6 Å². The van der Waals surface area contributed by atoms with Gasteiger partial charge in [0.05, 0.1) is 55.5 Å². The number of aromatic nitrogens is 8. The molecule has 0 bridgehead atoms. The standard InChI is InChI=1S/C48H28N10/c1-9-35-45(57(31-5-11-37-41(25-31)53-21-17-49-37)32-6-12-38-42(26-32)54-22-18-50-38)16-4-30-2-10-36-46(15-3-29(1)47(36)48(30)35)58(33-7-13-39-43(27-33)55-23-19-51-39)34-8-14-40-44(28-34)56-24-20-52-40/h1-28H. The fourth-order valence-electron chi connectivity index (χ4n) is 8.38. The summed E-state index contributed by atoms with van der Waals surface area (Å²) in [6.07, 6.45) is 13.8. The van der Waals surface area contributed by atoms with Crippen molar-refractivity contribution in [2.24, 2.45) is 0 Å². The molecule has 12 rings (SSSR count). The van der Waals surface area contributed by atoms with Gasteiger partial charge in [0, 0.05) is 83.1 Å². The van der Waals surface area contributed by atoms with E-state index in [9.17, 15) is 0 Å². The minimum atomic E-state index is 0.812. The van der Waals surface area contributed by atoms with Crippen LogP contribution in [0.5, 0.6) is 0 Å². The van der Waals surface area contributed by atoms with Gasteiger partial charge in [-0.3, -0.25) is 39.9 Å². The van der Waals surface area contributed by atoms with Crippen LogP contribution in [0.25, 0.3) is 76.5 Å². The molecule has 0 amide bonds. The summed E-state index contributed by atoms with van der Waals surface area (Å²) in [6.45, 7) is 0. The van der Waals surface area contributed by atoms with Crippen LogP contribution in [0.15, 0.2) is 171 Å². The van der Waals surface area contributed by atoms with Gasteiger partial charge in [-0.1, -0.05) is 36.4 Å². The van der Waals surface area contributed by atoms with Crippen molar-refractivity contribution in [1.29, 1.82) is 0 Å². The second kappa shape index (κ2) is 12.7. The highest BCUT2D eigenvalue weighted by molar-refractivity contribution is 6.28. The number of nitrogens with zero attached hydrogens (tertiary/aromatic N) is 10. The Bertz CT molecular complexity index is 3180. The molecule has 0 fully saturated rings. The second-order valence-electron chi connectivity index (χ2n) is 14.2. The van der Waals surface area contributed by atoms with Crippen LogP contribution in [0.2, 0.25) is 0 Å². The third-order valence-corrected chi connectivity index (χ3v) is 10.9. The topological polar surface area (TPSA) is 110 Å². The van der Waals surface area contributed by atoms with E-state index in [4.69, 9.17) is 0 Å². The maximum Gasteiger partial charge on any atom is 0.0907 e. The Morgan fingerprint density at radius 1 is 0.259 bits per heavy atom. The molecule has 4 aromatic heterocycles. The maximum atomic E-state index is 4.67. The van der Waals surface area contributed by atoms with Crippen molar-refractivity contribution in [2.45, 2.75) is 0 Å². The highest BCUT2D eigenvalue weighted by Crippen LogP contribution is 2.48. The first-order chi connectivity index (χ1) is 28.7. The third kappa shape index (κ3) is 5.05. The molecule has 12 aromatic rings. The molecule has 0 radical (unpaired) electrons. The van der Waals surface area contributed by atoms with Crippen LogP contribution in [0.4, 0.5) is 34.1 Å². The fraction of sp³-hybridized carbons (Fsp3) is 0. The average molecular weight is 745 g/mol. The minimum absolute atomic E-state index is 0.812. The first-order valence-corrected chi connectivity index (χ1v) is 18.9. The molecule has 0 N–H and O–H groups in total. The molecule has 8 aromatic carbocycles. The van der Waals surface area contributed by atoms with E-state index in [1.807, 2.05) is 24.3 Å². The SMILES string of the molecule is c1cnc2cc(N(c3ccc4nccnc4c3)c3ccc4ccc5c(N(c6ccc7nccnc7c6)c6ccc7nccnc7c6)ccc6ccc3c4c65)ccc2n1. The molecule has 0 atom stereocenters. The average Bonchev–Trinajstić information content (AvgIpc) is 3.29. The lowest BCUT2D eigenvalue weighted by Gasteiger charge is -2.29. The molecular formula is C48H28N10.